The quantitative estimate of drug-likeness (QED) is 0.787. The molecule has 2 fully saturated rings. The molecule has 2 rings (SSSR count). The van der Waals surface area contributed by atoms with Gasteiger partial charge in [-0.3, -0.25) is 0 Å². The predicted octanol–water partition coefficient (Wildman–Crippen LogP) is 1.68. The number of rotatable bonds is 2. The molecular weight excluding hydrogens is 232 g/mol. The van der Waals surface area contributed by atoms with Crippen molar-refractivity contribution in [2.24, 2.45) is 11.8 Å². The summed E-state index contributed by atoms with van der Waals surface area (Å²) in [5.74, 6) is 0.0167. The highest BCUT2D eigenvalue weighted by Gasteiger charge is 2.52. The van der Waals surface area contributed by atoms with E-state index < -0.39 is 11.5 Å². The summed E-state index contributed by atoms with van der Waals surface area (Å²) in [4.78, 5) is 25.1. The number of nitrogens with zero attached hydrogens (tertiary/aromatic N) is 1. The van der Waals surface area contributed by atoms with E-state index >= 15 is 0 Å². The van der Waals surface area contributed by atoms with Gasteiger partial charge in [0.25, 0.3) is 0 Å². The van der Waals surface area contributed by atoms with Gasteiger partial charge in [-0.25, -0.2) is 9.59 Å². The molecule has 1 saturated carbocycles. The number of likely N-dealkylation sites (tertiary alicyclic amines) is 1. The molecule has 1 heterocycles. The molecule has 3 unspecified atom stereocenters. The third-order valence-electron chi connectivity index (χ3n) is 4.36. The van der Waals surface area contributed by atoms with E-state index in [4.69, 9.17) is 5.11 Å². The van der Waals surface area contributed by atoms with Crippen LogP contribution in [0.2, 0.25) is 0 Å². The van der Waals surface area contributed by atoms with E-state index in [1.165, 1.54) is 0 Å². The normalized spacial score (nSPS) is 33.9. The number of hydrogen-bond donors (Lipinski definition) is 2. The molecule has 1 saturated heterocycles. The van der Waals surface area contributed by atoms with Gasteiger partial charge in [-0.2, -0.15) is 0 Å². The van der Waals surface area contributed by atoms with Gasteiger partial charge in [-0.05, 0) is 38.0 Å². The highest BCUT2D eigenvalue weighted by atomic mass is 16.4. The Hall–Kier alpha value is -1.26. The Labute approximate surface area is 108 Å². The summed E-state index contributed by atoms with van der Waals surface area (Å²) in [6, 6.07) is -0.0494. The van der Waals surface area contributed by atoms with Crippen molar-refractivity contribution < 1.29 is 14.7 Å². The van der Waals surface area contributed by atoms with Crippen LogP contribution in [0.15, 0.2) is 0 Å². The minimum absolute atomic E-state index is 0.172. The van der Waals surface area contributed by atoms with Crippen LogP contribution >= 0.6 is 0 Å². The van der Waals surface area contributed by atoms with Crippen LogP contribution < -0.4 is 5.32 Å². The Balaban J connectivity index is 2.02. The van der Waals surface area contributed by atoms with Gasteiger partial charge in [0.15, 0.2) is 0 Å². The van der Waals surface area contributed by atoms with Crippen LogP contribution in [0, 0.1) is 11.8 Å². The van der Waals surface area contributed by atoms with E-state index in [0.717, 1.165) is 6.42 Å². The second-order valence-electron chi connectivity index (χ2n) is 6.03. The lowest BCUT2D eigenvalue weighted by Crippen LogP contribution is -2.56. The van der Waals surface area contributed by atoms with E-state index in [0.29, 0.717) is 31.2 Å². The molecule has 2 aliphatic rings. The number of carbonyl (C=O) groups is 2. The first-order chi connectivity index (χ1) is 8.35. The first kappa shape index (κ1) is 13.2. The van der Waals surface area contributed by atoms with Crippen LogP contribution in [0.5, 0.6) is 0 Å². The zero-order valence-corrected chi connectivity index (χ0v) is 11.3. The van der Waals surface area contributed by atoms with Crippen LogP contribution in [0.4, 0.5) is 4.79 Å². The van der Waals surface area contributed by atoms with Gasteiger partial charge in [-0.1, -0.05) is 13.8 Å². The average molecular weight is 254 g/mol. The van der Waals surface area contributed by atoms with Gasteiger partial charge < -0.3 is 15.3 Å². The van der Waals surface area contributed by atoms with Gasteiger partial charge in [0, 0.05) is 12.6 Å². The Morgan fingerprint density at radius 3 is 2.39 bits per heavy atom. The molecule has 2 N–H and O–H groups in total. The number of amides is 2. The zero-order chi connectivity index (χ0) is 13.5. The fourth-order valence-corrected chi connectivity index (χ4v) is 2.78. The first-order valence-electron chi connectivity index (χ1n) is 6.68. The molecule has 0 aromatic carbocycles. The third kappa shape index (κ3) is 2.31. The van der Waals surface area contributed by atoms with E-state index in [1.54, 1.807) is 4.90 Å². The van der Waals surface area contributed by atoms with Gasteiger partial charge in [0.2, 0.25) is 0 Å². The number of carboxylic acids is 1. The average Bonchev–Trinajstić information content (AvgIpc) is 3.04. The summed E-state index contributed by atoms with van der Waals surface area (Å²) in [5.41, 5.74) is -0.985. The van der Waals surface area contributed by atoms with Crippen molar-refractivity contribution in [1.82, 2.24) is 10.2 Å². The fraction of sp³-hybridized carbons (Fsp3) is 0.846. The molecule has 3 atom stereocenters. The second-order valence-corrected chi connectivity index (χ2v) is 6.03. The smallest absolute Gasteiger partial charge is 0.329 e. The largest absolute Gasteiger partial charge is 0.480 e. The van der Waals surface area contributed by atoms with E-state index in [-0.39, 0.29) is 12.1 Å². The SMILES string of the molecule is CC1CC(C)C(C)N(C(=O)NC2(C(=O)O)CC2)C1. The highest BCUT2D eigenvalue weighted by Crippen LogP contribution is 2.36. The maximum atomic E-state index is 12.2. The number of aliphatic carboxylic acids is 1. The van der Waals surface area contributed by atoms with Gasteiger partial charge in [0.1, 0.15) is 5.54 Å². The van der Waals surface area contributed by atoms with Crippen molar-refractivity contribution in [3.63, 3.8) is 0 Å². The standard InChI is InChI=1S/C13H22N2O3/c1-8-6-9(2)10(3)15(7-8)12(18)14-13(4-5-13)11(16)17/h8-10H,4-7H2,1-3H3,(H,14,18)(H,16,17). The maximum absolute atomic E-state index is 12.2. The monoisotopic (exact) mass is 254 g/mol. The van der Waals surface area contributed by atoms with Crippen LogP contribution in [0.25, 0.3) is 0 Å². The number of carboxylic acid groups (broad SMARTS) is 1. The third-order valence-corrected chi connectivity index (χ3v) is 4.36. The molecule has 0 aromatic rings. The number of hydrogen-bond acceptors (Lipinski definition) is 2. The first-order valence-corrected chi connectivity index (χ1v) is 6.68. The minimum Gasteiger partial charge on any atom is -0.480 e. The molecular formula is C13H22N2O3. The lowest BCUT2D eigenvalue weighted by atomic mass is 9.86. The maximum Gasteiger partial charge on any atom is 0.329 e. The second kappa shape index (κ2) is 4.44. The highest BCUT2D eigenvalue weighted by molar-refractivity contribution is 5.89. The molecule has 1 aliphatic carbocycles. The number of piperidine rings is 1. The molecule has 0 aromatic heterocycles. The molecule has 102 valence electrons. The van der Waals surface area contributed by atoms with Crippen molar-refractivity contribution in [1.29, 1.82) is 0 Å². The van der Waals surface area contributed by atoms with Gasteiger partial charge in [-0.15, -0.1) is 0 Å². The van der Waals surface area contributed by atoms with Crippen molar-refractivity contribution in [2.75, 3.05) is 6.54 Å². The lowest BCUT2D eigenvalue weighted by Gasteiger charge is -2.41. The summed E-state index contributed by atoms with van der Waals surface area (Å²) < 4.78 is 0. The van der Waals surface area contributed by atoms with E-state index in [1.807, 2.05) is 6.92 Å². The summed E-state index contributed by atoms with van der Waals surface area (Å²) in [5, 5.41) is 11.8. The Kier molecular flexibility index (Phi) is 3.25. The molecule has 0 radical (unpaired) electrons. The fourth-order valence-electron chi connectivity index (χ4n) is 2.78. The van der Waals surface area contributed by atoms with E-state index in [2.05, 4.69) is 19.2 Å². The lowest BCUT2D eigenvalue weighted by molar-refractivity contribution is -0.140. The Bertz CT molecular complexity index is 365. The molecule has 5 heteroatoms. The molecule has 0 bridgehead atoms. The number of nitrogens with one attached hydrogen (secondary N) is 1. The van der Waals surface area contributed by atoms with Gasteiger partial charge >= 0.3 is 12.0 Å². The molecule has 5 nitrogen and oxygen atoms in total. The van der Waals surface area contributed by atoms with Crippen LogP contribution in [0.3, 0.4) is 0 Å². The van der Waals surface area contributed by atoms with Crippen molar-refractivity contribution in [2.45, 2.75) is 51.6 Å². The predicted molar refractivity (Wildman–Crippen MR) is 67.2 cm³/mol. The number of urea groups is 1. The summed E-state index contributed by atoms with van der Waals surface area (Å²) in [6.07, 6.45) is 2.21. The van der Waals surface area contributed by atoms with Crippen molar-refractivity contribution in [3.05, 3.63) is 0 Å². The summed E-state index contributed by atoms with van der Waals surface area (Å²) >= 11 is 0. The van der Waals surface area contributed by atoms with Crippen LogP contribution in [-0.4, -0.2) is 40.1 Å². The molecule has 2 amide bonds. The molecule has 0 spiro atoms. The zero-order valence-electron chi connectivity index (χ0n) is 11.3. The van der Waals surface area contributed by atoms with Gasteiger partial charge in [0.05, 0.1) is 0 Å². The van der Waals surface area contributed by atoms with Crippen molar-refractivity contribution >= 4 is 12.0 Å². The Morgan fingerprint density at radius 1 is 1.28 bits per heavy atom. The van der Waals surface area contributed by atoms with E-state index in [9.17, 15) is 9.59 Å². The summed E-state index contributed by atoms with van der Waals surface area (Å²) in [7, 11) is 0. The van der Waals surface area contributed by atoms with Crippen LogP contribution in [-0.2, 0) is 4.79 Å². The topological polar surface area (TPSA) is 69.6 Å². The minimum atomic E-state index is -0.985. The van der Waals surface area contributed by atoms with Crippen LogP contribution in [0.1, 0.15) is 40.0 Å². The number of carbonyl (C=O) groups excluding carboxylic acids is 1. The molecule has 1 aliphatic heterocycles. The summed E-state index contributed by atoms with van der Waals surface area (Å²) in [6.45, 7) is 7.03. The Morgan fingerprint density at radius 2 is 1.89 bits per heavy atom. The van der Waals surface area contributed by atoms with Crippen molar-refractivity contribution in [3.8, 4) is 0 Å². The molecule has 18 heavy (non-hydrogen) atoms.